The summed E-state index contributed by atoms with van der Waals surface area (Å²) in [6, 6.07) is 5.11. The largest absolute Gasteiger partial charge is 0.454 e. The smallest absolute Gasteiger partial charge is 0.266 e. The molecule has 134 valence electrons. The third kappa shape index (κ3) is 3.37. The summed E-state index contributed by atoms with van der Waals surface area (Å²) < 4.78 is 10.5. The van der Waals surface area contributed by atoms with Crippen LogP contribution in [0.25, 0.3) is 0 Å². The summed E-state index contributed by atoms with van der Waals surface area (Å²) in [7, 11) is 0. The number of ether oxygens (including phenoxy) is 2. The molecule has 26 heavy (non-hydrogen) atoms. The number of aromatic amines is 1. The highest BCUT2D eigenvalue weighted by molar-refractivity contribution is 6.34. The number of anilines is 1. The Morgan fingerprint density at radius 1 is 1.35 bits per heavy atom. The van der Waals surface area contributed by atoms with Gasteiger partial charge < -0.3 is 19.8 Å². The number of H-pyrrole nitrogens is 1. The normalized spacial score (nSPS) is 11.9. The maximum atomic E-state index is 12.3. The number of hydrogen-bond donors (Lipinski definition) is 2. The zero-order valence-electron chi connectivity index (χ0n) is 14.2. The van der Waals surface area contributed by atoms with Crippen LogP contribution in [0.1, 0.15) is 28.8 Å². The summed E-state index contributed by atoms with van der Waals surface area (Å²) in [4.78, 5) is 26.7. The zero-order chi connectivity index (χ0) is 18.8. The van der Waals surface area contributed by atoms with Gasteiger partial charge in [0.05, 0.1) is 10.7 Å². The Bertz CT molecular complexity index is 991. The van der Waals surface area contributed by atoms with Gasteiger partial charge in [0.15, 0.2) is 11.5 Å². The van der Waals surface area contributed by atoms with Crippen LogP contribution < -0.4 is 20.3 Å². The quantitative estimate of drug-likeness (QED) is 0.857. The lowest BCUT2D eigenvalue weighted by Gasteiger charge is -2.12. The first-order valence-electron chi connectivity index (χ1n) is 7.92. The van der Waals surface area contributed by atoms with Gasteiger partial charge in [-0.25, -0.2) is 0 Å². The van der Waals surface area contributed by atoms with E-state index in [0.29, 0.717) is 39.9 Å². The molecule has 7 nitrogen and oxygen atoms in total. The molecule has 0 saturated heterocycles. The van der Waals surface area contributed by atoms with Crippen molar-refractivity contribution in [1.29, 1.82) is 5.26 Å². The van der Waals surface area contributed by atoms with Crippen LogP contribution in [-0.2, 0) is 11.2 Å². The minimum Gasteiger partial charge on any atom is -0.454 e. The number of amides is 1. The van der Waals surface area contributed by atoms with Crippen molar-refractivity contribution >= 4 is 23.2 Å². The van der Waals surface area contributed by atoms with Crippen molar-refractivity contribution in [2.45, 2.75) is 26.7 Å². The fraction of sp³-hybridized carbons (Fsp3) is 0.278. The molecule has 0 aliphatic carbocycles. The fourth-order valence-electron chi connectivity index (χ4n) is 2.88. The summed E-state index contributed by atoms with van der Waals surface area (Å²) in [6.45, 7) is 3.58. The average molecular weight is 374 g/mol. The van der Waals surface area contributed by atoms with E-state index in [0.717, 1.165) is 5.56 Å². The Morgan fingerprint density at radius 3 is 2.73 bits per heavy atom. The standard InChI is InChI=1S/C18H16ClN3O4/c1-9-11(10(2)21-18(24)12(9)7-20)3-4-17(23)22-14-6-16-15(5-13(14)19)25-8-26-16/h5-6H,3-4,8H2,1-2H3,(H,21,24)(H,22,23). The van der Waals surface area contributed by atoms with Crippen molar-refractivity contribution in [2.75, 3.05) is 12.1 Å². The lowest BCUT2D eigenvalue weighted by atomic mass is 9.99. The molecule has 1 amide bonds. The van der Waals surface area contributed by atoms with Gasteiger partial charge in [-0.05, 0) is 31.4 Å². The van der Waals surface area contributed by atoms with Gasteiger partial charge in [0.1, 0.15) is 11.6 Å². The third-order valence-corrected chi connectivity index (χ3v) is 4.57. The van der Waals surface area contributed by atoms with E-state index in [4.69, 9.17) is 26.3 Å². The van der Waals surface area contributed by atoms with E-state index in [1.54, 1.807) is 26.0 Å². The van der Waals surface area contributed by atoms with E-state index in [1.165, 1.54) is 0 Å². The number of benzene rings is 1. The molecule has 0 atom stereocenters. The number of nitrogens with zero attached hydrogens (tertiary/aromatic N) is 1. The molecule has 0 radical (unpaired) electrons. The number of halogens is 1. The van der Waals surface area contributed by atoms with Crippen LogP contribution in [0.4, 0.5) is 5.69 Å². The minimum absolute atomic E-state index is 0.0739. The number of aromatic nitrogens is 1. The molecular weight excluding hydrogens is 358 g/mol. The van der Waals surface area contributed by atoms with Crippen molar-refractivity contribution in [3.05, 3.63) is 49.9 Å². The van der Waals surface area contributed by atoms with Crippen LogP contribution in [0.3, 0.4) is 0 Å². The summed E-state index contributed by atoms with van der Waals surface area (Å²) in [5, 5.41) is 12.2. The molecule has 1 aliphatic heterocycles. The van der Waals surface area contributed by atoms with Crippen LogP contribution in [0, 0.1) is 25.2 Å². The van der Waals surface area contributed by atoms with Crippen molar-refractivity contribution in [2.24, 2.45) is 0 Å². The molecule has 1 aliphatic rings. The minimum atomic E-state index is -0.414. The number of carbonyl (C=O) groups excluding carboxylic acids is 1. The van der Waals surface area contributed by atoms with E-state index >= 15 is 0 Å². The number of aryl methyl sites for hydroxylation is 1. The first-order chi connectivity index (χ1) is 12.4. The van der Waals surface area contributed by atoms with E-state index in [2.05, 4.69) is 10.3 Å². The van der Waals surface area contributed by atoms with Gasteiger partial charge in [-0.15, -0.1) is 0 Å². The first kappa shape index (κ1) is 17.8. The second kappa shape index (κ2) is 7.10. The zero-order valence-corrected chi connectivity index (χ0v) is 15.0. The van der Waals surface area contributed by atoms with Crippen molar-refractivity contribution < 1.29 is 14.3 Å². The Balaban J connectivity index is 1.73. The Kier molecular flexibility index (Phi) is 4.87. The molecule has 0 unspecified atom stereocenters. The van der Waals surface area contributed by atoms with E-state index < -0.39 is 5.56 Å². The highest BCUT2D eigenvalue weighted by Gasteiger charge is 2.18. The highest BCUT2D eigenvalue weighted by atomic mass is 35.5. The molecule has 3 rings (SSSR count). The van der Waals surface area contributed by atoms with Gasteiger partial charge in [-0.1, -0.05) is 11.6 Å². The van der Waals surface area contributed by atoms with Crippen molar-refractivity contribution in [1.82, 2.24) is 4.98 Å². The predicted molar refractivity (Wildman–Crippen MR) is 95.8 cm³/mol. The van der Waals surface area contributed by atoms with Gasteiger partial charge >= 0.3 is 0 Å². The topological polar surface area (TPSA) is 104 Å². The second-order valence-electron chi connectivity index (χ2n) is 5.90. The van der Waals surface area contributed by atoms with E-state index in [1.807, 2.05) is 6.07 Å². The monoisotopic (exact) mass is 373 g/mol. The van der Waals surface area contributed by atoms with Crippen molar-refractivity contribution in [3.8, 4) is 17.6 Å². The molecular formula is C18H16ClN3O4. The molecule has 0 spiro atoms. The molecule has 0 bridgehead atoms. The molecule has 0 fully saturated rings. The number of hydrogen-bond acceptors (Lipinski definition) is 5. The van der Waals surface area contributed by atoms with Crippen LogP contribution >= 0.6 is 11.6 Å². The molecule has 1 aromatic heterocycles. The average Bonchev–Trinajstić information content (AvgIpc) is 3.02. The lowest BCUT2D eigenvalue weighted by Crippen LogP contribution is -2.18. The molecule has 0 saturated carbocycles. The summed E-state index contributed by atoms with van der Waals surface area (Å²) in [6.07, 6.45) is 0.556. The van der Waals surface area contributed by atoms with Crippen molar-refractivity contribution in [3.63, 3.8) is 0 Å². The maximum Gasteiger partial charge on any atom is 0.266 e. The van der Waals surface area contributed by atoms with Crippen LogP contribution in [0.2, 0.25) is 5.02 Å². The van der Waals surface area contributed by atoms with Gasteiger partial charge in [0.2, 0.25) is 12.7 Å². The van der Waals surface area contributed by atoms with E-state index in [-0.39, 0.29) is 24.7 Å². The van der Waals surface area contributed by atoms with Gasteiger partial charge in [-0.2, -0.15) is 5.26 Å². The fourth-order valence-corrected chi connectivity index (χ4v) is 3.09. The number of pyridine rings is 1. The van der Waals surface area contributed by atoms with E-state index in [9.17, 15) is 9.59 Å². The second-order valence-corrected chi connectivity index (χ2v) is 6.31. The third-order valence-electron chi connectivity index (χ3n) is 4.26. The van der Waals surface area contributed by atoms with Gasteiger partial charge in [0.25, 0.3) is 5.56 Å². The predicted octanol–water partition coefficient (Wildman–Crippen LogP) is 2.82. The summed E-state index contributed by atoms with van der Waals surface area (Å²) in [5.74, 6) is 0.821. The number of nitriles is 1. The summed E-state index contributed by atoms with van der Waals surface area (Å²) in [5.41, 5.74) is 2.14. The number of fused-ring (bicyclic) bond motifs is 1. The first-order valence-corrected chi connectivity index (χ1v) is 8.30. The molecule has 1 aromatic carbocycles. The molecule has 8 heteroatoms. The highest BCUT2D eigenvalue weighted by Crippen LogP contribution is 2.39. The number of rotatable bonds is 4. The molecule has 2 heterocycles. The number of carbonyl (C=O) groups is 1. The van der Waals surface area contributed by atoms with Crippen LogP contribution in [-0.4, -0.2) is 17.7 Å². The maximum absolute atomic E-state index is 12.3. The van der Waals surface area contributed by atoms with Gasteiger partial charge in [-0.3, -0.25) is 9.59 Å². The number of nitrogens with one attached hydrogen (secondary N) is 2. The molecule has 2 N–H and O–H groups in total. The summed E-state index contributed by atoms with van der Waals surface area (Å²) >= 11 is 6.15. The SMILES string of the molecule is Cc1[nH]c(=O)c(C#N)c(C)c1CCC(=O)Nc1cc2c(cc1Cl)OCO2. The van der Waals surface area contributed by atoms with Gasteiger partial charge in [0, 0.05) is 24.2 Å². The van der Waals surface area contributed by atoms with Crippen LogP contribution in [0.15, 0.2) is 16.9 Å². The van der Waals surface area contributed by atoms with Crippen LogP contribution in [0.5, 0.6) is 11.5 Å². The Morgan fingerprint density at radius 2 is 2.04 bits per heavy atom. The molecule has 2 aromatic rings. The lowest BCUT2D eigenvalue weighted by molar-refractivity contribution is -0.116. The Labute approximate surface area is 154 Å². The Hall–Kier alpha value is -2.98.